The van der Waals surface area contributed by atoms with Crippen molar-refractivity contribution in [3.05, 3.63) is 36.9 Å². The van der Waals surface area contributed by atoms with Crippen molar-refractivity contribution >= 4 is 16.3 Å². The quantitative estimate of drug-likeness (QED) is 0.214. The zero-order valence-corrected chi connectivity index (χ0v) is 12.5. The van der Waals surface area contributed by atoms with Gasteiger partial charge in [-0.1, -0.05) is 12.7 Å². The van der Waals surface area contributed by atoms with Crippen LogP contribution in [0.3, 0.4) is 0 Å². The van der Waals surface area contributed by atoms with Crippen LogP contribution in [-0.2, 0) is 14.9 Å². The monoisotopic (exact) mass is 280 g/mol. The van der Waals surface area contributed by atoms with Crippen LogP contribution in [0.5, 0.6) is 5.75 Å². The van der Waals surface area contributed by atoms with Crippen molar-refractivity contribution in [1.82, 2.24) is 0 Å². The van der Waals surface area contributed by atoms with E-state index >= 15 is 0 Å². The molecular weight excluding hydrogens is 271 g/mol. The smallest absolute Gasteiger partial charge is 0.744 e. The summed E-state index contributed by atoms with van der Waals surface area (Å²) < 4.78 is 41.0. The van der Waals surface area contributed by atoms with Gasteiger partial charge in [-0.05, 0) is 24.3 Å². The van der Waals surface area contributed by atoms with Crippen LogP contribution in [0.4, 0.5) is 4.79 Å². The minimum absolute atomic E-state index is 0. The Hall–Kier alpha value is -0.860. The van der Waals surface area contributed by atoms with Gasteiger partial charge >= 0.3 is 35.7 Å². The molecule has 0 amide bonds. The molecular formula is C10H9NaO6S. The maximum Gasteiger partial charge on any atom is 1.00 e. The summed E-state index contributed by atoms with van der Waals surface area (Å²) in [6.45, 7) is 3.35. The second-order valence-electron chi connectivity index (χ2n) is 2.88. The number of ether oxygens (including phenoxy) is 2. The Kier molecular flexibility index (Phi) is 7.19. The van der Waals surface area contributed by atoms with Crippen LogP contribution >= 0.6 is 0 Å². The first kappa shape index (κ1) is 17.1. The molecule has 1 aromatic rings. The Morgan fingerprint density at radius 1 is 1.33 bits per heavy atom. The molecule has 0 saturated heterocycles. The fraction of sp³-hybridized carbons (Fsp3) is 0.100. The molecule has 1 rings (SSSR count). The van der Waals surface area contributed by atoms with E-state index in [0.717, 1.165) is 12.1 Å². The zero-order valence-electron chi connectivity index (χ0n) is 9.66. The summed E-state index contributed by atoms with van der Waals surface area (Å²) in [6.07, 6.45) is 0.427. The van der Waals surface area contributed by atoms with Crippen LogP contribution in [0, 0.1) is 0 Å². The Morgan fingerprint density at radius 3 is 2.33 bits per heavy atom. The molecule has 0 unspecified atom stereocenters. The molecule has 0 bridgehead atoms. The number of benzene rings is 1. The Bertz CT molecular complexity index is 508. The predicted octanol–water partition coefficient (Wildman–Crippen LogP) is -1.70. The molecule has 92 valence electrons. The summed E-state index contributed by atoms with van der Waals surface area (Å²) in [5.74, 6) is 0.0754. The molecule has 0 spiro atoms. The molecule has 0 heterocycles. The molecule has 1 aromatic carbocycles. The summed E-state index contributed by atoms with van der Waals surface area (Å²) in [5, 5.41) is 0. The minimum Gasteiger partial charge on any atom is -0.744 e. The SMILES string of the molecule is C=CCOC(=O)Oc1ccc(S(=O)(=O)[O-])cc1.[Na+]. The number of hydrogen-bond donors (Lipinski definition) is 0. The van der Waals surface area contributed by atoms with E-state index in [2.05, 4.69) is 16.1 Å². The second kappa shape index (κ2) is 7.55. The predicted molar refractivity (Wildman–Crippen MR) is 56.6 cm³/mol. The van der Waals surface area contributed by atoms with Gasteiger partial charge in [-0.2, -0.15) is 0 Å². The molecule has 0 N–H and O–H groups in total. The van der Waals surface area contributed by atoms with E-state index < -0.39 is 21.2 Å². The van der Waals surface area contributed by atoms with Crippen LogP contribution in [0.1, 0.15) is 0 Å². The van der Waals surface area contributed by atoms with Gasteiger partial charge in [-0.3, -0.25) is 0 Å². The molecule has 8 heteroatoms. The van der Waals surface area contributed by atoms with Crippen molar-refractivity contribution in [1.29, 1.82) is 0 Å². The molecule has 0 aliphatic heterocycles. The Labute approximate surface area is 127 Å². The molecule has 18 heavy (non-hydrogen) atoms. The average molecular weight is 280 g/mol. The molecule has 0 aromatic heterocycles. The van der Waals surface area contributed by atoms with Crippen LogP contribution in [0.15, 0.2) is 41.8 Å². The fourth-order valence-corrected chi connectivity index (χ4v) is 1.40. The molecule has 0 aliphatic rings. The van der Waals surface area contributed by atoms with Crippen molar-refractivity contribution in [2.45, 2.75) is 4.90 Å². The summed E-state index contributed by atoms with van der Waals surface area (Å²) in [7, 11) is -4.50. The van der Waals surface area contributed by atoms with Gasteiger partial charge < -0.3 is 14.0 Å². The second-order valence-corrected chi connectivity index (χ2v) is 4.26. The van der Waals surface area contributed by atoms with Crippen molar-refractivity contribution in [2.75, 3.05) is 6.61 Å². The van der Waals surface area contributed by atoms with Gasteiger partial charge in [0.2, 0.25) is 0 Å². The molecule has 0 radical (unpaired) electrons. The first-order valence-corrected chi connectivity index (χ1v) is 5.86. The minimum atomic E-state index is -4.50. The number of carbonyl (C=O) groups is 1. The van der Waals surface area contributed by atoms with Crippen LogP contribution in [0.2, 0.25) is 0 Å². The van der Waals surface area contributed by atoms with E-state index in [0.29, 0.717) is 0 Å². The number of carbonyl (C=O) groups excluding carboxylic acids is 1. The molecule has 0 saturated carbocycles. The van der Waals surface area contributed by atoms with Crippen LogP contribution < -0.4 is 34.3 Å². The maximum atomic E-state index is 11.0. The van der Waals surface area contributed by atoms with Gasteiger partial charge in [0.25, 0.3) is 0 Å². The first-order valence-electron chi connectivity index (χ1n) is 4.45. The van der Waals surface area contributed by atoms with E-state index in [4.69, 9.17) is 0 Å². The Balaban J connectivity index is 0.00000289. The van der Waals surface area contributed by atoms with Gasteiger partial charge in [-0.15, -0.1) is 0 Å². The molecule has 6 nitrogen and oxygen atoms in total. The van der Waals surface area contributed by atoms with Gasteiger partial charge in [0, 0.05) is 0 Å². The third-order valence-corrected chi connectivity index (χ3v) is 2.48. The number of hydrogen-bond acceptors (Lipinski definition) is 6. The fourth-order valence-electron chi connectivity index (χ4n) is 0.927. The largest absolute Gasteiger partial charge is 1.00 e. The third kappa shape index (κ3) is 5.65. The van der Waals surface area contributed by atoms with Crippen LogP contribution in [-0.4, -0.2) is 25.7 Å². The standard InChI is InChI=1S/C10H10O6S.Na/c1-2-7-15-10(11)16-8-3-5-9(6-4-8)17(12,13)14;/h2-6H,1,7H2,(H,12,13,14);/q;+1/p-1. The van der Waals surface area contributed by atoms with Gasteiger partial charge in [0.05, 0.1) is 4.90 Å². The normalized spacial score (nSPS) is 10.1. The summed E-state index contributed by atoms with van der Waals surface area (Å²) >= 11 is 0. The van der Waals surface area contributed by atoms with E-state index in [1.807, 2.05) is 0 Å². The number of rotatable bonds is 4. The first-order chi connectivity index (χ1) is 7.93. The molecule has 0 fully saturated rings. The zero-order chi connectivity index (χ0) is 12.9. The average Bonchev–Trinajstić information content (AvgIpc) is 2.26. The third-order valence-electron chi connectivity index (χ3n) is 1.63. The van der Waals surface area contributed by atoms with Crippen molar-refractivity contribution in [2.24, 2.45) is 0 Å². The topological polar surface area (TPSA) is 92.7 Å². The maximum absolute atomic E-state index is 11.0. The molecule has 0 aliphatic carbocycles. The van der Waals surface area contributed by atoms with Crippen LogP contribution in [0.25, 0.3) is 0 Å². The van der Waals surface area contributed by atoms with Gasteiger partial charge in [-0.25, -0.2) is 13.2 Å². The van der Waals surface area contributed by atoms with E-state index in [1.165, 1.54) is 18.2 Å². The van der Waals surface area contributed by atoms with E-state index in [-0.39, 0.29) is 41.9 Å². The summed E-state index contributed by atoms with van der Waals surface area (Å²) in [6, 6.07) is 4.44. The van der Waals surface area contributed by atoms with Crippen molar-refractivity contribution < 1.29 is 56.8 Å². The van der Waals surface area contributed by atoms with Crippen molar-refractivity contribution in [3.63, 3.8) is 0 Å². The summed E-state index contributed by atoms with van der Waals surface area (Å²) in [4.78, 5) is 10.6. The van der Waals surface area contributed by atoms with Crippen molar-refractivity contribution in [3.8, 4) is 5.75 Å². The van der Waals surface area contributed by atoms with E-state index in [9.17, 15) is 17.8 Å². The Morgan fingerprint density at radius 2 is 1.89 bits per heavy atom. The van der Waals surface area contributed by atoms with Gasteiger partial charge in [0.15, 0.2) is 0 Å². The van der Waals surface area contributed by atoms with E-state index in [1.54, 1.807) is 0 Å². The molecule has 0 atom stereocenters. The summed E-state index contributed by atoms with van der Waals surface area (Å²) in [5.41, 5.74) is 0. The van der Waals surface area contributed by atoms with Gasteiger partial charge in [0.1, 0.15) is 22.5 Å².